The summed E-state index contributed by atoms with van der Waals surface area (Å²) >= 11 is 0. The molecule has 0 aliphatic rings. The van der Waals surface area contributed by atoms with Crippen LogP contribution in [0.5, 0.6) is 0 Å². The summed E-state index contributed by atoms with van der Waals surface area (Å²) in [7, 11) is 0. The Morgan fingerprint density at radius 2 is 2.00 bits per heavy atom. The summed E-state index contributed by atoms with van der Waals surface area (Å²) in [6, 6.07) is 11.9. The highest BCUT2D eigenvalue weighted by atomic mass is 14.3. The lowest BCUT2D eigenvalue weighted by molar-refractivity contribution is 0.777. The summed E-state index contributed by atoms with van der Waals surface area (Å²) in [4.78, 5) is 0. The minimum absolute atomic E-state index is 0.554. The molecule has 0 aromatic heterocycles. The van der Waals surface area contributed by atoms with E-state index in [1.54, 1.807) is 6.08 Å². The average molecular weight is 157 g/mol. The molecule has 1 unspecified atom stereocenters. The number of hydrogen-bond acceptors (Lipinski definition) is 1. The van der Waals surface area contributed by atoms with Gasteiger partial charge in [0.2, 0.25) is 0 Å². The van der Waals surface area contributed by atoms with Crippen LogP contribution >= 0.6 is 0 Å². The quantitative estimate of drug-likeness (QED) is 0.605. The van der Waals surface area contributed by atoms with Crippen molar-refractivity contribution in [2.75, 3.05) is 0 Å². The topological polar surface area (TPSA) is 23.8 Å². The Bertz CT molecular complexity index is 308. The molecule has 0 N–H and O–H groups in total. The van der Waals surface area contributed by atoms with Crippen LogP contribution < -0.4 is 0 Å². The van der Waals surface area contributed by atoms with E-state index in [1.807, 2.05) is 37.3 Å². The molecule has 1 nitrogen and oxygen atoms in total. The van der Waals surface area contributed by atoms with Gasteiger partial charge in [0.1, 0.15) is 0 Å². The smallest absolute Gasteiger partial charge is 0.0971 e. The van der Waals surface area contributed by atoms with Gasteiger partial charge in [0.05, 0.1) is 11.5 Å². The summed E-state index contributed by atoms with van der Waals surface area (Å²) in [6.45, 7) is 5.51. The molecule has 1 rings (SSSR count). The van der Waals surface area contributed by atoms with Crippen LogP contribution in [-0.4, -0.2) is 0 Å². The molecule has 0 aliphatic heterocycles. The summed E-state index contributed by atoms with van der Waals surface area (Å²) < 4.78 is 0. The minimum Gasteiger partial charge on any atom is -0.197 e. The molecule has 1 aromatic rings. The monoisotopic (exact) mass is 157 g/mol. The zero-order valence-corrected chi connectivity index (χ0v) is 7.12. The Morgan fingerprint density at radius 3 is 2.42 bits per heavy atom. The minimum atomic E-state index is -0.554. The van der Waals surface area contributed by atoms with E-state index in [0.717, 1.165) is 5.56 Å². The van der Waals surface area contributed by atoms with E-state index in [-0.39, 0.29) is 0 Å². The van der Waals surface area contributed by atoms with Crippen LogP contribution in [0.25, 0.3) is 0 Å². The van der Waals surface area contributed by atoms with Gasteiger partial charge in [0, 0.05) is 0 Å². The van der Waals surface area contributed by atoms with E-state index in [0.29, 0.717) is 0 Å². The van der Waals surface area contributed by atoms with Gasteiger partial charge in [-0.15, -0.1) is 6.58 Å². The zero-order valence-electron chi connectivity index (χ0n) is 7.12. The molecule has 0 bridgehead atoms. The molecule has 1 heteroatoms. The number of benzene rings is 1. The SMILES string of the molecule is C=CC(C)(C#N)c1ccccc1. The van der Waals surface area contributed by atoms with E-state index >= 15 is 0 Å². The number of rotatable bonds is 2. The highest BCUT2D eigenvalue weighted by Crippen LogP contribution is 2.23. The molecule has 0 saturated heterocycles. The van der Waals surface area contributed by atoms with Crippen molar-refractivity contribution in [2.45, 2.75) is 12.3 Å². The highest BCUT2D eigenvalue weighted by Gasteiger charge is 2.20. The lowest BCUT2D eigenvalue weighted by Gasteiger charge is -2.16. The second-order valence-electron chi connectivity index (χ2n) is 2.88. The van der Waals surface area contributed by atoms with Gasteiger partial charge in [0.25, 0.3) is 0 Å². The van der Waals surface area contributed by atoms with E-state index in [1.165, 1.54) is 0 Å². The molecule has 0 heterocycles. The molecule has 0 aliphatic carbocycles. The summed E-state index contributed by atoms with van der Waals surface area (Å²) in [5, 5.41) is 8.92. The number of nitriles is 1. The third kappa shape index (κ3) is 1.38. The molecule has 0 amide bonds. The fraction of sp³-hybridized carbons (Fsp3) is 0.182. The number of hydrogen-bond donors (Lipinski definition) is 0. The molecule has 0 spiro atoms. The van der Waals surface area contributed by atoms with Crippen molar-refractivity contribution in [1.82, 2.24) is 0 Å². The van der Waals surface area contributed by atoms with E-state index in [2.05, 4.69) is 12.6 Å². The van der Waals surface area contributed by atoms with Crippen molar-refractivity contribution < 1.29 is 0 Å². The second kappa shape index (κ2) is 3.23. The van der Waals surface area contributed by atoms with Gasteiger partial charge in [-0.25, -0.2) is 0 Å². The first-order valence-electron chi connectivity index (χ1n) is 3.83. The fourth-order valence-corrected chi connectivity index (χ4v) is 1.01. The van der Waals surface area contributed by atoms with Crippen molar-refractivity contribution in [2.24, 2.45) is 0 Å². The van der Waals surface area contributed by atoms with Gasteiger partial charge < -0.3 is 0 Å². The zero-order chi connectivity index (χ0) is 9.03. The molecular weight excluding hydrogens is 146 g/mol. The van der Waals surface area contributed by atoms with E-state index in [9.17, 15) is 0 Å². The summed E-state index contributed by atoms with van der Waals surface area (Å²) in [6.07, 6.45) is 1.67. The van der Waals surface area contributed by atoms with E-state index in [4.69, 9.17) is 5.26 Å². The van der Waals surface area contributed by atoms with Gasteiger partial charge in [-0.3, -0.25) is 0 Å². The van der Waals surface area contributed by atoms with Crippen LogP contribution in [0.4, 0.5) is 0 Å². The van der Waals surface area contributed by atoms with Gasteiger partial charge in [0.15, 0.2) is 0 Å². The third-order valence-corrected chi connectivity index (χ3v) is 2.01. The third-order valence-electron chi connectivity index (χ3n) is 2.01. The van der Waals surface area contributed by atoms with E-state index < -0.39 is 5.41 Å². The Balaban J connectivity index is 3.14. The fourth-order valence-electron chi connectivity index (χ4n) is 1.01. The second-order valence-corrected chi connectivity index (χ2v) is 2.88. The lowest BCUT2D eigenvalue weighted by Crippen LogP contribution is -2.14. The molecule has 0 fully saturated rings. The van der Waals surface area contributed by atoms with Crippen LogP contribution in [0.2, 0.25) is 0 Å². The largest absolute Gasteiger partial charge is 0.197 e. The van der Waals surface area contributed by atoms with Crippen molar-refractivity contribution in [3.05, 3.63) is 48.6 Å². The normalized spacial score (nSPS) is 14.3. The van der Waals surface area contributed by atoms with Crippen LogP contribution in [0.3, 0.4) is 0 Å². The van der Waals surface area contributed by atoms with Gasteiger partial charge in [-0.05, 0) is 12.5 Å². The summed E-state index contributed by atoms with van der Waals surface area (Å²) in [5.74, 6) is 0. The Kier molecular flexibility index (Phi) is 2.30. The van der Waals surface area contributed by atoms with Crippen LogP contribution in [0.1, 0.15) is 12.5 Å². The van der Waals surface area contributed by atoms with Gasteiger partial charge in [-0.2, -0.15) is 5.26 Å². The van der Waals surface area contributed by atoms with Crippen molar-refractivity contribution in [1.29, 1.82) is 5.26 Å². The Labute approximate surface area is 73.0 Å². The molecule has 0 saturated carbocycles. The highest BCUT2D eigenvalue weighted by molar-refractivity contribution is 5.36. The average Bonchev–Trinajstić information content (AvgIpc) is 2.18. The summed E-state index contributed by atoms with van der Waals surface area (Å²) in [5.41, 5.74) is 0.434. The first-order valence-corrected chi connectivity index (χ1v) is 3.83. The lowest BCUT2D eigenvalue weighted by atomic mass is 9.84. The standard InChI is InChI=1S/C11H11N/c1-3-11(2,9-12)10-7-5-4-6-8-10/h3-8H,1H2,2H3. The van der Waals surface area contributed by atoms with Crippen LogP contribution in [0, 0.1) is 11.3 Å². The number of nitrogens with zero attached hydrogens (tertiary/aromatic N) is 1. The first-order chi connectivity index (χ1) is 5.73. The molecule has 1 aromatic carbocycles. The van der Waals surface area contributed by atoms with Gasteiger partial charge >= 0.3 is 0 Å². The molecule has 60 valence electrons. The van der Waals surface area contributed by atoms with Crippen LogP contribution in [-0.2, 0) is 5.41 Å². The Morgan fingerprint density at radius 1 is 1.42 bits per heavy atom. The predicted molar refractivity (Wildman–Crippen MR) is 49.6 cm³/mol. The van der Waals surface area contributed by atoms with Gasteiger partial charge in [-0.1, -0.05) is 36.4 Å². The molecule has 12 heavy (non-hydrogen) atoms. The maximum atomic E-state index is 8.92. The van der Waals surface area contributed by atoms with Crippen molar-refractivity contribution >= 4 is 0 Å². The molecular formula is C11H11N. The number of allylic oxidation sites excluding steroid dienone is 1. The van der Waals surface area contributed by atoms with Crippen molar-refractivity contribution in [3.63, 3.8) is 0 Å². The maximum absolute atomic E-state index is 8.92. The van der Waals surface area contributed by atoms with Crippen LogP contribution in [0.15, 0.2) is 43.0 Å². The molecule has 0 radical (unpaired) electrons. The first kappa shape index (κ1) is 8.55. The Hall–Kier alpha value is -1.55. The molecule has 1 atom stereocenters. The maximum Gasteiger partial charge on any atom is 0.0971 e. The van der Waals surface area contributed by atoms with Crippen molar-refractivity contribution in [3.8, 4) is 6.07 Å². The predicted octanol–water partition coefficient (Wildman–Crippen LogP) is 2.65.